The molecule has 2 heterocycles. The Hall–Kier alpha value is -2.22. The molecule has 0 radical (unpaired) electrons. The number of aryl methyl sites for hydroxylation is 2. The molecule has 2 heteroatoms. The number of hydrogen-bond acceptors (Lipinski definition) is 2. The summed E-state index contributed by atoms with van der Waals surface area (Å²) >= 11 is 0. The Labute approximate surface area is 106 Å². The first-order valence-electron chi connectivity index (χ1n) is 6.15. The molecule has 0 bridgehead atoms. The Bertz CT molecular complexity index is 642. The van der Waals surface area contributed by atoms with Gasteiger partial charge in [-0.2, -0.15) is 0 Å². The van der Waals surface area contributed by atoms with Gasteiger partial charge in [0.2, 0.25) is 0 Å². The second-order valence-corrected chi connectivity index (χ2v) is 4.34. The van der Waals surface area contributed by atoms with E-state index in [0.717, 1.165) is 23.9 Å². The molecule has 2 aromatic heterocycles. The first-order valence-corrected chi connectivity index (χ1v) is 6.15. The molecule has 3 aromatic rings. The van der Waals surface area contributed by atoms with E-state index in [4.69, 9.17) is 0 Å². The van der Waals surface area contributed by atoms with E-state index in [2.05, 4.69) is 34.2 Å². The van der Waals surface area contributed by atoms with Crippen LogP contribution in [-0.2, 0) is 12.8 Å². The van der Waals surface area contributed by atoms with E-state index in [-0.39, 0.29) is 0 Å². The number of rotatable bonds is 3. The third-order valence-corrected chi connectivity index (χ3v) is 3.14. The summed E-state index contributed by atoms with van der Waals surface area (Å²) in [6.45, 7) is 0. The van der Waals surface area contributed by atoms with Crippen molar-refractivity contribution in [2.75, 3.05) is 0 Å². The lowest BCUT2D eigenvalue weighted by atomic mass is 10.0. The van der Waals surface area contributed by atoms with Gasteiger partial charge in [0.1, 0.15) is 0 Å². The van der Waals surface area contributed by atoms with E-state index in [1.807, 2.05) is 36.8 Å². The second-order valence-electron chi connectivity index (χ2n) is 4.34. The molecule has 0 aliphatic carbocycles. The quantitative estimate of drug-likeness (QED) is 0.694. The van der Waals surface area contributed by atoms with E-state index in [1.165, 1.54) is 10.9 Å². The number of fused-ring (bicyclic) bond motifs is 1. The SMILES string of the molecule is c1ccc(CCc2nccc3ccncc23)cc1. The van der Waals surface area contributed by atoms with Crippen LogP contribution in [0.5, 0.6) is 0 Å². The molecule has 0 spiro atoms. The molecule has 0 atom stereocenters. The molecule has 0 aliphatic heterocycles. The molecule has 0 saturated carbocycles. The van der Waals surface area contributed by atoms with Gasteiger partial charge in [-0.15, -0.1) is 0 Å². The standard InChI is InChI=1S/C16H14N2/c1-2-4-13(5-3-1)6-7-16-15-12-17-10-8-14(15)9-11-18-16/h1-5,8-12H,6-7H2. The maximum atomic E-state index is 4.48. The molecular formula is C16H14N2. The van der Waals surface area contributed by atoms with Crippen molar-refractivity contribution < 1.29 is 0 Å². The normalized spacial score (nSPS) is 10.7. The Balaban J connectivity index is 1.87. The highest BCUT2D eigenvalue weighted by Crippen LogP contribution is 2.16. The van der Waals surface area contributed by atoms with Crippen LogP contribution in [0, 0.1) is 0 Å². The van der Waals surface area contributed by atoms with Crippen molar-refractivity contribution in [3.63, 3.8) is 0 Å². The second kappa shape index (κ2) is 4.96. The average Bonchev–Trinajstić information content (AvgIpc) is 2.46. The molecule has 18 heavy (non-hydrogen) atoms. The zero-order valence-electron chi connectivity index (χ0n) is 10.1. The van der Waals surface area contributed by atoms with Crippen molar-refractivity contribution in [2.45, 2.75) is 12.8 Å². The van der Waals surface area contributed by atoms with Crippen LogP contribution in [0.1, 0.15) is 11.3 Å². The fraction of sp³-hybridized carbons (Fsp3) is 0.125. The molecule has 0 unspecified atom stereocenters. The van der Waals surface area contributed by atoms with Crippen molar-refractivity contribution in [2.24, 2.45) is 0 Å². The van der Waals surface area contributed by atoms with Gasteiger partial charge in [0.25, 0.3) is 0 Å². The predicted molar refractivity (Wildman–Crippen MR) is 73.4 cm³/mol. The molecule has 0 fully saturated rings. The number of aromatic nitrogens is 2. The number of hydrogen-bond donors (Lipinski definition) is 0. The highest BCUT2D eigenvalue weighted by atomic mass is 14.7. The Morgan fingerprint density at radius 3 is 2.56 bits per heavy atom. The van der Waals surface area contributed by atoms with Crippen LogP contribution in [0.2, 0.25) is 0 Å². The van der Waals surface area contributed by atoms with E-state index in [1.54, 1.807) is 0 Å². The summed E-state index contributed by atoms with van der Waals surface area (Å²) in [5, 5.41) is 2.37. The summed E-state index contributed by atoms with van der Waals surface area (Å²) < 4.78 is 0. The lowest BCUT2D eigenvalue weighted by molar-refractivity contribution is 0.925. The van der Waals surface area contributed by atoms with Crippen molar-refractivity contribution in [3.05, 3.63) is 72.3 Å². The highest BCUT2D eigenvalue weighted by molar-refractivity contribution is 5.83. The van der Waals surface area contributed by atoms with Crippen LogP contribution < -0.4 is 0 Å². The molecule has 0 aliphatic rings. The largest absolute Gasteiger partial charge is 0.264 e. The zero-order valence-corrected chi connectivity index (χ0v) is 10.1. The fourth-order valence-corrected chi connectivity index (χ4v) is 2.18. The molecular weight excluding hydrogens is 220 g/mol. The highest BCUT2D eigenvalue weighted by Gasteiger charge is 2.02. The minimum atomic E-state index is 0.951. The van der Waals surface area contributed by atoms with Gasteiger partial charge < -0.3 is 0 Å². The van der Waals surface area contributed by atoms with Gasteiger partial charge in [-0.3, -0.25) is 9.97 Å². The van der Waals surface area contributed by atoms with Crippen LogP contribution in [0.4, 0.5) is 0 Å². The Morgan fingerprint density at radius 2 is 1.67 bits per heavy atom. The Kier molecular flexibility index (Phi) is 3.01. The minimum absolute atomic E-state index is 0.951. The van der Waals surface area contributed by atoms with Gasteiger partial charge in [-0.25, -0.2) is 0 Å². The van der Waals surface area contributed by atoms with Crippen molar-refractivity contribution in [1.29, 1.82) is 0 Å². The van der Waals surface area contributed by atoms with Gasteiger partial charge in [0.15, 0.2) is 0 Å². The van der Waals surface area contributed by atoms with Gasteiger partial charge in [-0.05, 0) is 35.9 Å². The summed E-state index contributed by atoms with van der Waals surface area (Å²) in [6.07, 6.45) is 7.57. The number of benzene rings is 1. The summed E-state index contributed by atoms with van der Waals surface area (Å²) in [4.78, 5) is 8.67. The van der Waals surface area contributed by atoms with Crippen LogP contribution >= 0.6 is 0 Å². The van der Waals surface area contributed by atoms with Gasteiger partial charge in [-0.1, -0.05) is 30.3 Å². The maximum Gasteiger partial charge on any atom is 0.0500 e. The van der Waals surface area contributed by atoms with E-state index in [9.17, 15) is 0 Å². The van der Waals surface area contributed by atoms with Gasteiger partial charge in [0, 0.05) is 24.0 Å². The van der Waals surface area contributed by atoms with E-state index < -0.39 is 0 Å². The number of nitrogens with zero attached hydrogens (tertiary/aromatic N) is 2. The maximum absolute atomic E-state index is 4.48. The summed E-state index contributed by atoms with van der Waals surface area (Å²) in [5.41, 5.74) is 2.48. The average molecular weight is 234 g/mol. The fourth-order valence-electron chi connectivity index (χ4n) is 2.18. The smallest absolute Gasteiger partial charge is 0.0500 e. The topological polar surface area (TPSA) is 25.8 Å². The molecule has 0 amide bonds. The predicted octanol–water partition coefficient (Wildman–Crippen LogP) is 3.42. The van der Waals surface area contributed by atoms with Crippen LogP contribution in [0.3, 0.4) is 0 Å². The van der Waals surface area contributed by atoms with Gasteiger partial charge in [0.05, 0.1) is 5.69 Å². The minimum Gasteiger partial charge on any atom is -0.264 e. The lowest BCUT2D eigenvalue weighted by Gasteiger charge is -2.05. The van der Waals surface area contributed by atoms with Crippen molar-refractivity contribution >= 4 is 10.8 Å². The first kappa shape index (κ1) is 10.9. The molecule has 1 aromatic carbocycles. The van der Waals surface area contributed by atoms with Crippen molar-refractivity contribution in [3.8, 4) is 0 Å². The van der Waals surface area contributed by atoms with Crippen LogP contribution in [0.25, 0.3) is 10.8 Å². The van der Waals surface area contributed by atoms with Gasteiger partial charge >= 0.3 is 0 Å². The molecule has 88 valence electrons. The molecule has 3 rings (SSSR count). The monoisotopic (exact) mass is 234 g/mol. The third kappa shape index (κ3) is 2.23. The zero-order chi connectivity index (χ0) is 12.2. The lowest BCUT2D eigenvalue weighted by Crippen LogP contribution is -1.95. The summed E-state index contributed by atoms with van der Waals surface area (Å²) in [7, 11) is 0. The molecule has 0 N–H and O–H groups in total. The Morgan fingerprint density at radius 1 is 0.833 bits per heavy atom. The van der Waals surface area contributed by atoms with Crippen LogP contribution in [-0.4, -0.2) is 9.97 Å². The molecule has 2 nitrogen and oxygen atoms in total. The van der Waals surface area contributed by atoms with Crippen molar-refractivity contribution in [1.82, 2.24) is 9.97 Å². The third-order valence-electron chi connectivity index (χ3n) is 3.14. The number of pyridine rings is 2. The van der Waals surface area contributed by atoms with E-state index in [0.29, 0.717) is 0 Å². The van der Waals surface area contributed by atoms with E-state index >= 15 is 0 Å². The van der Waals surface area contributed by atoms with Crippen LogP contribution in [0.15, 0.2) is 61.1 Å². The first-order chi connectivity index (χ1) is 8.93. The summed E-state index contributed by atoms with van der Waals surface area (Å²) in [5.74, 6) is 0. The summed E-state index contributed by atoms with van der Waals surface area (Å²) in [6, 6.07) is 14.6. The molecule has 0 saturated heterocycles.